The van der Waals surface area contributed by atoms with E-state index >= 15 is 0 Å². The number of aliphatic hydroxyl groups excluding tert-OH is 2. The maximum atomic E-state index is 13.3. The molecule has 2 aliphatic carbocycles. The molecule has 0 aromatic rings. The minimum Gasteiger partial charge on any atom is -0.507 e. The van der Waals surface area contributed by atoms with Crippen molar-refractivity contribution in [2.45, 2.75) is 56.5 Å². The smallest absolute Gasteiger partial charge is 0.477 e. The Morgan fingerprint density at radius 3 is 2.85 bits per heavy atom. The number of phosphoric acid groups is 1. The third-order valence-corrected chi connectivity index (χ3v) is 8.99. The van der Waals surface area contributed by atoms with Crippen LogP contribution in [0.15, 0.2) is 23.4 Å². The van der Waals surface area contributed by atoms with Gasteiger partial charge in [0, 0.05) is 18.9 Å². The number of amides is 2. The van der Waals surface area contributed by atoms with Crippen LogP contribution in [-0.4, -0.2) is 71.3 Å². The third-order valence-electron chi connectivity index (χ3n) is 7.56. The molecule has 8 atom stereocenters. The highest BCUT2D eigenvalue weighted by molar-refractivity contribution is 7.48. The van der Waals surface area contributed by atoms with Crippen LogP contribution < -0.4 is 5.32 Å². The van der Waals surface area contributed by atoms with Crippen molar-refractivity contribution in [2.75, 3.05) is 20.1 Å². The van der Waals surface area contributed by atoms with E-state index < -0.39 is 49.9 Å². The molecule has 0 bridgehead atoms. The van der Waals surface area contributed by atoms with Gasteiger partial charge in [-0.2, -0.15) is 0 Å². The van der Waals surface area contributed by atoms with Crippen LogP contribution in [0.5, 0.6) is 0 Å². The van der Waals surface area contributed by atoms with Crippen LogP contribution >= 0.6 is 7.82 Å². The molecule has 5 fully saturated rings. The predicted molar refractivity (Wildman–Crippen MR) is 111 cm³/mol. The number of hydrogen-bond acceptors (Lipinski definition) is 10. The van der Waals surface area contributed by atoms with Crippen molar-refractivity contribution >= 4 is 19.6 Å². The Morgan fingerprint density at radius 2 is 2.00 bits per heavy atom. The molecule has 0 aromatic carbocycles. The summed E-state index contributed by atoms with van der Waals surface area (Å²) >= 11 is 0. The first-order valence-corrected chi connectivity index (χ1v) is 13.1. The molecule has 12 nitrogen and oxygen atoms in total. The number of piperidine rings is 1. The first kappa shape index (κ1) is 22.4. The van der Waals surface area contributed by atoms with Gasteiger partial charge in [-0.25, -0.2) is 4.57 Å². The van der Waals surface area contributed by atoms with Crippen molar-refractivity contribution in [2.24, 2.45) is 17.8 Å². The summed E-state index contributed by atoms with van der Waals surface area (Å²) in [4.78, 5) is 26.7. The van der Waals surface area contributed by atoms with Gasteiger partial charge in [0.1, 0.15) is 24.9 Å². The van der Waals surface area contributed by atoms with E-state index in [9.17, 15) is 24.4 Å². The summed E-state index contributed by atoms with van der Waals surface area (Å²) in [5.41, 5.74) is 0. The SMILES string of the molecule is O=C1N[C@H]2[C@@H]3OP(=O)(OCN4CCCCCC4=O)O[C@@H]3[C@@H](O)C[C@@H]2C2C=C3OCOC3=C(O)C12. The molecular formula is C21H27N2O10P. The Bertz CT molecular complexity index is 1010. The normalized spacial score (nSPS) is 43.5. The van der Waals surface area contributed by atoms with Crippen molar-refractivity contribution in [3.8, 4) is 0 Å². The number of ether oxygens (including phenoxy) is 2. The second kappa shape index (κ2) is 8.23. The van der Waals surface area contributed by atoms with E-state index in [0.717, 1.165) is 19.3 Å². The average Bonchev–Trinajstić information content (AvgIpc) is 3.36. The molecule has 6 aliphatic rings. The lowest BCUT2D eigenvalue weighted by atomic mass is 9.64. The van der Waals surface area contributed by atoms with Crippen LogP contribution in [0.2, 0.25) is 0 Å². The number of carbonyl (C=O) groups excluding carboxylic acids is 2. The maximum absolute atomic E-state index is 13.3. The highest BCUT2D eigenvalue weighted by Gasteiger charge is 2.62. The van der Waals surface area contributed by atoms with Crippen LogP contribution in [0.1, 0.15) is 32.1 Å². The molecule has 4 saturated heterocycles. The molecule has 34 heavy (non-hydrogen) atoms. The highest BCUT2D eigenvalue weighted by atomic mass is 31.2. The van der Waals surface area contributed by atoms with Gasteiger partial charge in [0.15, 0.2) is 11.5 Å². The lowest BCUT2D eigenvalue weighted by Crippen LogP contribution is -2.65. The molecule has 186 valence electrons. The molecule has 3 N–H and O–H groups in total. The molecule has 0 aromatic heterocycles. The lowest BCUT2D eigenvalue weighted by Gasteiger charge is -2.49. The number of aliphatic hydroxyl groups is 2. The number of likely N-dealkylation sites (tertiary alicyclic amines) is 1. The van der Waals surface area contributed by atoms with Crippen LogP contribution in [-0.2, 0) is 37.2 Å². The first-order chi connectivity index (χ1) is 16.3. The first-order valence-electron chi connectivity index (χ1n) is 11.6. The van der Waals surface area contributed by atoms with Gasteiger partial charge >= 0.3 is 7.82 Å². The fourth-order valence-corrected chi connectivity index (χ4v) is 7.46. The summed E-state index contributed by atoms with van der Waals surface area (Å²) in [7, 11) is -4.09. The zero-order chi connectivity index (χ0) is 23.6. The number of hydrogen-bond donors (Lipinski definition) is 3. The third kappa shape index (κ3) is 3.54. The summed E-state index contributed by atoms with van der Waals surface area (Å²) in [6, 6.07) is -0.630. The maximum Gasteiger partial charge on any atom is 0.477 e. The zero-order valence-corrected chi connectivity index (χ0v) is 19.2. The van der Waals surface area contributed by atoms with Crippen LogP contribution in [0.3, 0.4) is 0 Å². The van der Waals surface area contributed by atoms with E-state index in [1.54, 1.807) is 6.08 Å². The topological polar surface area (TPSA) is 153 Å². The Labute approximate surface area is 195 Å². The number of nitrogens with zero attached hydrogens (tertiary/aromatic N) is 1. The number of fused-ring (bicyclic) bond motifs is 6. The summed E-state index contributed by atoms with van der Waals surface area (Å²) in [5.74, 6) is -1.90. The number of carbonyl (C=O) groups is 2. The summed E-state index contributed by atoms with van der Waals surface area (Å²) in [5, 5.41) is 24.4. The Balaban J connectivity index is 1.21. The van der Waals surface area contributed by atoms with Gasteiger partial charge in [-0.1, -0.05) is 6.42 Å². The second-order valence-corrected chi connectivity index (χ2v) is 11.1. The molecule has 6 rings (SSSR count). The standard InChI is InChI=1S/C21H27N2O10P/c24-12-6-11-10-7-13-19(30-9-29-13)17(26)15(10)21(27)22-16(11)20-18(12)32-34(28,33-20)31-8-23-5-3-1-2-4-14(23)25/h7,10-12,15-16,18,20,24,26H,1-6,8-9H2,(H,22,27)/t10?,11-,12+,15?,16-,18-,20+,34?/m1/s1. The van der Waals surface area contributed by atoms with Gasteiger partial charge in [-0.3, -0.25) is 23.2 Å². The number of phosphoric ester groups is 1. The monoisotopic (exact) mass is 498 g/mol. The minimum atomic E-state index is -4.09. The van der Waals surface area contributed by atoms with E-state index in [0.29, 0.717) is 18.7 Å². The predicted octanol–water partition coefficient (Wildman–Crippen LogP) is 1.04. The van der Waals surface area contributed by atoms with Gasteiger partial charge in [-0.15, -0.1) is 0 Å². The molecule has 0 radical (unpaired) electrons. The summed E-state index contributed by atoms with van der Waals surface area (Å²) in [6.45, 7) is 0.212. The number of allylic oxidation sites excluding steroid dienone is 1. The van der Waals surface area contributed by atoms with Gasteiger partial charge < -0.3 is 29.9 Å². The largest absolute Gasteiger partial charge is 0.507 e. The minimum absolute atomic E-state index is 0.0509. The van der Waals surface area contributed by atoms with Crippen molar-refractivity contribution in [3.05, 3.63) is 23.4 Å². The van der Waals surface area contributed by atoms with E-state index in [2.05, 4.69) is 5.32 Å². The molecule has 0 spiro atoms. The van der Waals surface area contributed by atoms with Crippen LogP contribution in [0.25, 0.3) is 0 Å². The van der Waals surface area contributed by atoms with Crippen molar-refractivity contribution < 1.29 is 47.4 Å². The fourth-order valence-electron chi connectivity index (χ4n) is 5.90. The molecule has 2 amide bonds. The van der Waals surface area contributed by atoms with E-state index in [1.165, 1.54) is 4.90 Å². The van der Waals surface area contributed by atoms with Crippen molar-refractivity contribution in [1.29, 1.82) is 0 Å². The molecular weight excluding hydrogens is 471 g/mol. The van der Waals surface area contributed by atoms with Gasteiger partial charge in [0.25, 0.3) is 0 Å². The van der Waals surface area contributed by atoms with Crippen LogP contribution in [0, 0.1) is 17.8 Å². The van der Waals surface area contributed by atoms with Gasteiger partial charge in [0.05, 0.1) is 12.1 Å². The number of rotatable bonds is 3. The number of nitrogens with one attached hydrogen (secondary N) is 1. The van der Waals surface area contributed by atoms with Crippen molar-refractivity contribution in [1.82, 2.24) is 10.2 Å². The zero-order valence-electron chi connectivity index (χ0n) is 18.3. The summed E-state index contributed by atoms with van der Waals surface area (Å²) in [6.07, 6.45) is 2.02. The Kier molecular flexibility index (Phi) is 5.42. The molecule has 13 heteroatoms. The molecule has 1 saturated carbocycles. The van der Waals surface area contributed by atoms with E-state index in [-0.39, 0.29) is 43.3 Å². The lowest BCUT2D eigenvalue weighted by molar-refractivity contribution is -0.139. The molecule has 4 heterocycles. The van der Waals surface area contributed by atoms with E-state index in [1.807, 2.05) is 0 Å². The average molecular weight is 498 g/mol. The Hall–Kier alpha value is -2.11. The highest BCUT2D eigenvalue weighted by Crippen LogP contribution is 2.61. The van der Waals surface area contributed by atoms with Gasteiger partial charge in [-0.05, 0) is 31.3 Å². The second-order valence-electron chi connectivity index (χ2n) is 9.52. The Morgan fingerprint density at radius 1 is 1.18 bits per heavy atom. The summed E-state index contributed by atoms with van der Waals surface area (Å²) < 4.78 is 40.8. The molecule has 3 unspecified atom stereocenters. The quantitative estimate of drug-likeness (QED) is 0.481. The van der Waals surface area contributed by atoms with Crippen LogP contribution in [0.4, 0.5) is 0 Å². The van der Waals surface area contributed by atoms with Gasteiger partial charge in [0.2, 0.25) is 24.4 Å². The van der Waals surface area contributed by atoms with Crippen molar-refractivity contribution in [3.63, 3.8) is 0 Å². The fraction of sp³-hybridized carbons (Fsp3) is 0.714. The molecule has 4 aliphatic heterocycles. The van der Waals surface area contributed by atoms with E-state index in [4.69, 9.17) is 23.0 Å².